The van der Waals surface area contributed by atoms with Gasteiger partial charge in [0.05, 0.1) is 6.10 Å². The van der Waals surface area contributed by atoms with Gasteiger partial charge in [0.1, 0.15) is 0 Å². The van der Waals surface area contributed by atoms with E-state index in [4.69, 9.17) is 0 Å². The van der Waals surface area contributed by atoms with Gasteiger partial charge in [0.2, 0.25) is 0 Å². The fourth-order valence-electron chi connectivity index (χ4n) is 2.74. The number of hydrogen-bond donors (Lipinski definition) is 2. The lowest BCUT2D eigenvalue weighted by Crippen LogP contribution is -2.34. The molecule has 2 N–H and O–H groups in total. The molecule has 0 bridgehead atoms. The Balaban J connectivity index is 1.87. The molecule has 1 atom stereocenters. The SMILES string of the molecule is Cc1cc(Br)cc(C)c1NCC(O)CN1CCCC1. The zero-order valence-corrected chi connectivity index (χ0v) is 13.3. The zero-order chi connectivity index (χ0) is 13.8. The summed E-state index contributed by atoms with van der Waals surface area (Å²) >= 11 is 3.50. The van der Waals surface area contributed by atoms with E-state index in [1.165, 1.54) is 24.0 Å². The van der Waals surface area contributed by atoms with E-state index >= 15 is 0 Å². The maximum absolute atomic E-state index is 10.1. The van der Waals surface area contributed by atoms with Crippen LogP contribution in [0.5, 0.6) is 0 Å². The van der Waals surface area contributed by atoms with Crippen LogP contribution in [0.2, 0.25) is 0 Å². The lowest BCUT2D eigenvalue weighted by Gasteiger charge is -2.21. The van der Waals surface area contributed by atoms with Crippen LogP contribution < -0.4 is 5.32 Å². The molecule has 0 saturated carbocycles. The summed E-state index contributed by atoms with van der Waals surface area (Å²) < 4.78 is 1.10. The maximum atomic E-state index is 10.1. The third-order valence-corrected chi connectivity index (χ3v) is 4.14. The van der Waals surface area contributed by atoms with Gasteiger partial charge in [0.25, 0.3) is 0 Å². The van der Waals surface area contributed by atoms with Crippen molar-refractivity contribution in [3.63, 3.8) is 0 Å². The molecule has 1 aromatic rings. The highest BCUT2D eigenvalue weighted by atomic mass is 79.9. The molecule has 4 heteroatoms. The standard InChI is InChI=1S/C15H23BrN2O/c1-11-7-13(16)8-12(2)15(11)17-9-14(19)10-18-5-3-4-6-18/h7-8,14,17,19H,3-6,9-10H2,1-2H3. The molecule has 1 unspecified atom stereocenters. The summed E-state index contributed by atoms with van der Waals surface area (Å²) in [6.45, 7) is 7.84. The number of hydrogen-bond acceptors (Lipinski definition) is 3. The second kappa shape index (κ2) is 6.73. The number of anilines is 1. The molecule has 1 aliphatic heterocycles. The minimum atomic E-state index is -0.305. The predicted molar refractivity (Wildman–Crippen MR) is 83.8 cm³/mol. The number of likely N-dealkylation sites (tertiary alicyclic amines) is 1. The average Bonchev–Trinajstić information content (AvgIpc) is 2.80. The van der Waals surface area contributed by atoms with Gasteiger partial charge in [-0.3, -0.25) is 0 Å². The predicted octanol–water partition coefficient (Wildman–Crippen LogP) is 2.93. The Labute approximate surface area is 124 Å². The monoisotopic (exact) mass is 326 g/mol. The van der Waals surface area contributed by atoms with Gasteiger partial charge in [-0.05, 0) is 63.0 Å². The number of benzene rings is 1. The zero-order valence-electron chi connectivity index (χ0n) is 11.7. The summed E-state index contributed by atoms with van der Waals surface area (Å²) in [5, 5.41) is 13.5. The van der Waals surface area contributed by atoms with Crippen LogP contribution in [0.15, 0.2) is 16.6 Å². The Morgan fingerprint density at radius 1 is 1.26 bits per heavy atom. The second-order valence-electron chi connectivity index (χ2n) is 5.46. The number of aliphatic hydroxyl groups is 1. The average molecular weight is 327 g/mol. The van der Waals surface area contributed by atoms with Crippen LogP contribution >= 0.6 is 15.9 Å². The highest BCUT2D eigenvalue weighted by Gasteiger charge is 2.16. The molecule has 0 amide bonds. The first kappa shape index (κ1) is 14.8. The van der Waals surface area contributed by atoms with E-state index in [1.807, 2.05) is 0 Å². The number of aryl methyl sites for hydroxylation is 2. The highest BCUT2D eigenvalue weighted by Crippen LogP contribution is 2.25. The Bertz CT molecular complexity index is 407. The molecule has 106 valence electrons. The molecule has 1 aliphatic rings. The minimum absolute atomic E-state index is 0.305. The first-order valence-corrected chi connectivity index (χ1v) is 7.76. The molecule has 1 heterocycles. The minimum Gasteiger partial charge on any atom is -0.390 e. The fourth-order valence-corrected chi connectivity index (χ4v) is 3.42. The van der Waals surface area contributed by atoms with E-state index in [9.17, 15) is 5.11 Å². The summed E-state index contributed by atoms with van der Waals surface area (Å²) in [6.07, 6.45) is 2.23. The number of aliphatic hydroxyl groups excluding tert-OH is 1. The molecule has 1 fully saturated rings. The molecule has 3 nitrogen and oxygen atoms in total. The van der Waals surface area contributed by atoms with Gasteiger partial charge in [-0.25, -0.2) is 0 Å². The number of halogens is 1. The van der Waals surface area contributed by atoms with Crippen LogP contribution in [-0.4, -0.2) is 42.3 Å². The normalized spacial score (nSPS) is 17.7. The van der Waals surface area contributed by atoms with Crippen molar-refractivity contribution in [2.75, 3.05) is 31.5 Å². The molecular formula is C15H23BrN2O. The van der Waals surface area contributed by atoms with Crippen LogP contribution in [0, 0.1) is 13.8 Å². The third-order valence-electron chi connectivity index (χ3n) is 3.68. The summed E-state index contributed by atoms with van der Waals surface area (Å²) in [5.74, 6) is 0. The van der Waals surface area contributed by atoms with Crippen molar-refractivity contribution < 1.29 is 5.11 Å². The molecular weight excluding hydrogens is 304 g/mol. The van der Waals surface area contributed by atoms with Crippen LogP contribution in [0.3, 0.4) is 0 Å². The van der Waals surface area contributed by atoms with E-state index in [2.05, 4.69) is 52.1 Å². The lowest BCUT2D eigenvalue weighted by atomic mass is 10.1. The Morgan fingerprint density at radius 2 is 1.84 bits per heavy atom. The van der Waals surface area contributed by atoms with Crippen molar-refractivity contribution in [3.05, 3.63) is 27.7 Å². The fraction of sp³-hybridized carbons (Fsp3) is 0.600. The van der Waals surface area contributed by atoms with Crippen molar-refractivity contribution in [1.82, 2.24) is 4.90 Å². The quantitative estimate of drug-likeness (QED) is 0.873. The van der Waals surface area contributed by atoms with Crippen molar-refractivity contribution in [1.29, 1.82) is 0 Å². The number of rotatable bonds is 5. The summed E-state index contributed by atoms with van der Waals surface area (Å²) in [6, 6.07) is 4.20. The van der Waals surface area contributed by atoms with Crippen LogP contribution in [-0.2, 0) is 0 Å². The van der Waals surface area contributed by atoms with E-state index in [-0.39, 0.29) is 6.10 Å². The molecule has 1 saturated heterocycles. The molecule has 0 radical (unpaired) electrons. The summed E-state index contributed by atoms with van der Waals surface area (Å²) in [7, 11) is 0. The van der Waals surface area contributed by atoms with Crippen LogP contribution in [0.25, 0.3) is 0 Å². The first-order chi connectivity index (χ1) is 9.06. The molecule has 0 spiro atoms. The van der Waals surface area contributed by atoms with E-state index < -0.39 is 0 Å². The van der Waals surface area contributed by atoms with Gasteiger partial charge in [-0.2, -0.15) is 0 Å². The summed E-state index contributed by atoms with van der Waals surface area (Å²) in [4.78, 5) is 2.34. The van der Waals surface area contributed by atoms with Gasteiger partial charge in [0, 0.05) is 23.2 Å². The van der Waals surface area contributed by atoms with Crippen molar-refractivity contribution in [2.24, 2.45) is 0 Å². The molecule has 1 aromatic carbocycles. The maximum Gasteiger partial charge on any atom is 0.0839 e. The Hall–Kier alpha value is -0.580. The van der Waals surface area contributed by atoms with Crippen molar-refractivity contribution >= 4 is 21.6 Å². The number of nitrogens with one attached hydrogen (secondary N) is 1. The Morgan fingerprint density at radius 3 is 2.42 bits per heavy atom. The summed E-state index contributed by atoms with van der Waals surface area (Å²) in [5.41, 5.74) is 3.56. The first-order valence-electron chi connectivity index (χ1n) is 6.97. The van der Waals surface area contributed by atoms with Crippen LogP contribution in [0.1, 0.15) is 24.0 Å². The molecule has 19 heavy (non-hydrogen) atoms. The largest absolute Gasteiger partial charge is 0.390 e. The number of β-amino-alcohol motifs (C(OH)–C–C–N with tert-alkyl or cyclic N) is 1. The van der Waals surface area contributed by atoms with E-state index in [0.717, 1.165) is 29.8 Å². The van der Waals surface area contributed by atoms with Gasteiger partial charge >= 0.3 is 0 Å². The Kier molecular flexibility index (Phi) is 5.25. The van der Waals surface area contributed by atoms with Crippen molar-refractivity contribution in [2.45, 2.75) is 32.8 Å². The number of nitrogens with zero attached hydrogens (tertiary/aromatic N) is 1. The molecule has 0 aromatic heterocycles. The van der Waals surface area contributed by atoms with Gasteiger partial charge in [0.15, 0.2) is 0 Å². The van der Waals surface area contributed by atoms with E-state index in [0.29, 0.717) is 6.54 Å². The van der Waals surface area contributed by atoms with Gasteiger partial charge in [-0.15, -0.1) is 0 Å². The topological polar surface area (TPSA) is 35.5 Å². The molecule has 2 rings (SSSR count). The van der Waals surface area contributed by atoms with Gasteiger partial charge in [-0.1, -0.05) is 15.9 Å². The lowest BCUT2D eigenvalue weighted by molar-refractivity contribution is 0.135. The third kappa shape index (κ3) is 4.20. The van der Waals surface area contributed by atoms with E-state index in [1.54, 1.807) is 0 Å². The second-order valence-corrected chi connectivity index (χ2v) is 6.37. The van der Waals surface area contributed by atoms with Crippen LogP contribution in [0.4, 0.5) is 5.69 Å². The highest BCUT2D eigenvalue weighted by molar-refractivity contribution is 9.10. The molecule has 0 aliphatic carbocycles. The van der Waals surface area contributed by atoms with Crippen molar-refractivity contribution in [3.8, 4) is 0 Å². The van der Waals surface area contributed by atoms with Gasteiger partial charge < -0.3 is 15.3 Å². The smallest absolute Gasteiger partial charge is 0.0839 e.